The summed E-state index contributed by atoms with van der Waals surface area (Å²) >= 11 is 3.35. The van der Waals surface area contributed by atoms with Crippen molar-refractivity contribution in [3.05, 3.63) is 16.6 Å². The highest BCUT2D eigenvalue weighted by molar-refractivity contribution is 9.10. The molecule has 0 spiro atoms. The molecule has 1 rings (SSSR count). The summed E-state index contributed by atoms with van der Waals surface area (Å²) in [6.07, 6.45) is -0.567. The van der Waals surface area contributed by atoms with E-state index >= 15 is 0 Å². The van der Waals surface area contributed by atoms with Crippen molar-refractivity contribution in [3.8, 4) is 11.5 Å². The molecule has 0 aliphatic rings. The van der Waals surface area contributed by atoms with Crippen molar-refractivity contribution in [1.29, 1.82) is 0 Å². The van der Waals surface area contributed by atoms with Gasteiger partial charge < -0.3 is 14.2 Å². The molecule has 6 heteroatoms. The zero-order chi connectivity index (χ0) is 14.6. The summed E-state index contributed by atoms with van der Waals surface area (Å²) in [5.41, 5.74) is -0.148. The molecule has 1 amide bonds. The van der Waals surface area contributed by atoms with Gasteiger partial charge in [-0.2, -0.15) is 0 Å². The van der Waals surface area contributed by atoms with Gasteiger partial charge in [0, 0.05) is 0 Å². The van der Waals surface area contributed by atoms with Gasteiger partial charge in [-0.05, 0) is 48.8 Å². The Morgan fingerprint density at radius 1 is 1.21 bits per heavy atom. The predicted molar refractivity (Wildman–Crippen MR) is 77.1 cm³/mol. The van der Waals surface area contributed by atoms with Crippen molar-refractivity contribution < 1.29 is 19.0 Å². The fourth-order valence-electron chi connectivity index (χ4n) is 1.43. The second kappa shape index (κ2) is 6.14. The number of benzene rings is 1. The number of hydrogen-bond donors (Lipinski definition) is 1. The van der Waals surface area contributed by atoms with Crippen molar-refractivity contribution >= 4 is 27.7 Å². The number of anilines is 1. The van der Waals surface area contributed by atoms with E-state index in [0.717, 1.165) is 0 Å². The maximum atomic E-state index is 11.8. The number of halogens is 1. The fourth-order valence-corrected chi connectivity index (χ4v) is 1.93. The lowest BCUT2D eigenvalue weighted by molar-refractivity contribution is 0.0635. The molecule has 5 nitrogen and oxygen atoms in total. The van der Waals surface area contributed by atoms with Crippen LogP contribution in [0.4, 0.5) is 10.5 Å². The lowest BCUT2D eigenvalue weighted by Gasteiger charge is -2.21. The minimum atomic E-state index is -0.573. The summed E-state index contributed by atoms with van der Waals surface area (Å²) in [5.74, 6) is 0.969. The first-order chi connectivity index (χ1) is 8.78. The Bertz CT molecular complexity index is 468. The topological polar surface area (TPSA) is 56.8 Å². The van der Waals surface area contributed by atoms with E-state index in [-0.39, 0.29) is 0 Å². The molecule has 0 fully saturated rings. The van der Waals surface area contributed by atoms with Crippen molar-refractivity contribution in [1.82, 2.24) is 0 Å². The normalized spacial score (nSPS) is 10.8. The summed E-state index contributed by atoms with van der Waals surface area (Å²) in [4.78, 5) is 11.8. The molecular formula is C13H18BrNO4. The second-order valence-corrected chi connectivity index (χ2v) is 5.64. The van der Waals surface area contributed by atoms with Crippen molar-refractivity contribution in [2.24, 2.45) is 0 Å². The molecule has 0 saturated heterocycles. The lowest BCUT2D eigenvalue weighted by Crippen LogP contribution is -2.27. The number of rotatable bonds is 3. The van der Waals surface area contributed by atoms with Gasteiger partial charge in [0.15, 0.2) is 5.75 Å². The molecule has 0 aliphatic carbocycles. The quantitative estimate of drug-likeness (QED) is 0.914. The Kier molecular flexibility index (Phi) is 5.05. The van der Waals surface area contributed by atoms with E-state index < -0.39 is 11.7 Å². The van der Waals surface area contributed by atoms with Crippen LogP contribution in [0.2, 0.25) is 0 Å². The molecule has 1 N–H and O–H groups in total. The molecule has 19 heavy (non-hydrogen) atoms. The van der Waals surface area contributed by atoms with Crippen LogP contribution in [-0.4, -0.2) is 25.9 Å². The molecule has 1 aromatic carbocycles. The zero-order valence-electron chi connectivity index (χ0n) is 11.7. The third kappa shape index (κ3) is 4.31. The van der Waals surface area contributed by atoms with Gasteiger partial charge in [-0.25, -0.2) is 4.79 Å². The minimum absolute atomic E-state index is 0.425. The Labute approximate surface area is 121 Å². The average molecular weight is 332 g/mol. The van der Waals surface area contributed by atoms with E-state index in [2.05, 4.69) is 21.2 Å². The van der Waals surface area contributed by atoms with Crippen LogP contribution in [0.15, 0.2) is 16.6 Å². The molecule has 0 radical (unpaired) electrons. The van der Waals surface area contributed by atoms with Gasteiger partial charge in [0.2, 0.25) is 0 Å². The van der Waals surface area contributed by atoms with Crippen LogP contribution in [0.1, 0.15) is 20.8 Å². The summed E-state index contributed by atoms with van der Waals surface area (Å²) < 4.78 is 16.4. The van der Waals surface area contributed by atoms with E-state index in [4.69, 9.17) is 14.2 Å². The number of carbonyl (C=O) groups excluding carboxylic acids is 1. The third-order valence-corrected chi connectivity index (χ3v) is 2.75. The van der Waals surface area contributed by atoms with Crippen LogP contribution < -0.4 is 14.8 Å². The largest absolute Gasteiger partial charge is 0.494 e. The van der Waals surface area contributed by atoms with Crippen LogP contribution in [0.3, 0.4) is 0 Å². The fraction of sp³-hybridized carbons (Fsp3) is 0.462. The van der Waals surface area contributed by atoms with E-state index in [0.29, 0.717) is 21.7 Å². The lowest BCUT2D eigenvalue weighted by atomic mass is 10.2. The Morgan fingerprint density at radius 3 is 2.32 bits per heavy atom. The number of carbonyl (C=O) groups is 1. The Hall–Kier alpha value is -1.43. The van der Waals surface area contributed by atoms with Gasteiger partial charge in [0.1, 0.15) is 17.0 Å². The van der Waals surface area contributed by atoms with Gasteiger partial charge >= 0.3 is 6.09 Å². The van der Waals surface area contributed by atoms with Crippen LogP contribution in [0, 0.1) is 0 Å². The monoisotopic (exact) mass is 331 g/mol. The van der Waals surface area contributed by atoms with E-state index in [1.165, 1.54) is 14.2 Å². The summed E-state index contributed by atoms with van der Waals surface area (Å²) in [6, 6.07) is 3.50. The highest BCUT2D eigenvalue weighted by Gasteiger charge is 2.20. The molecule has 0 unspecified atom stereocenters. The molecular weight excluding hydrogens is 314 g/mol. The molecule has 106 valence electrons. The molecule has 0 atom stereocenters. The maximum Gasteiger partial charge on any atom is 0.412 e. The zero-order valence-corrected chi connectivity index (χ0v) is 13.3. The first-order valence-electron chi connectivity index (χ1n) is 5.69. The van der Waals surface area contributed by atoms with E-state index in [1.54, 1.807) is 32.9 Å². The van der Waals surface area contributed by atoms with Crippen molar-refractivity contribution in [3.63, 3.8) is 0 Å². The molecule has 1 aromatic rings. The highest BCUT2D eigenvalue weighted by Crippen LogP contribution is 2.40. The van der Waals surface area contributed by atoms with E-state index in [9.17, 15) is 4.79 Å². The van der Waals surface area contributed by atoms with Crippen LogP contribution in [-0.2, 0) is 4.74 Å². The van der Waals surface area contributed by atoms with Gasteiger partial charge in [0.05, 0.1) is 18.7 Å². The Morgan fingerprint density at radius 2 is 1.84 bits per heavy atom. The van der Waals surface area contributed by atoms with Gasteiger partial charge in [-0.3, -0.25) is 5.32 Å². The first-order valence-corrected chi connectivity index (χ1v) is 6.48. The van der Waals surface area contributed by atoms with E-state index in [1.807, 2.05) is 0 Å². The average Bonchev–Trinajstić information content (AvgIpc) is 2.27. The Balaban J connectivity index is 3.05. The van der Waals surface area contributed by atoms with Crippen molar-refractivity contribution in [2.75, 3.05) is 19.5 Å². The number of amides is 1. The van der Waals surface area contributed by atoms with Crippen LogP contribution >= 0.6 is 15.9 Å². The van der Waals surface area contributed by atoms with Gasteiger partial charge in [-0.1, -0.05) is 0 Å². The summed E-state index contributed by atoms with van der Waals surface area (Å²) in [6.45, 7) is 5.38. The maximum absolute atomic E-state index is 11.8. The second-order valence-electron chi connectivity index (χ2n) is 4.78. The number of nitrogens with one attached hydrogen (secondary N) is 1. The molecule has 0 aromatic heterocycles. The molecule has 0 aliphatic heterocycles. The molecule has 0 heterocycles. The number of methoxy groups -OCH3 is 2. The minimum Gasteiger partial charge on any atom is -0.494 e. The molecule has 0 saturated carbocycles. The smallest absolute Gasteiger partial charge is 0.412 e. The number of ether oxygens (including phenoxy) is 3. The summed E-state index contributed by atoms with van der Waals surface area (Å²) in [7, 11) is 3.03. The van der Waals surface area contributed by atoms with Gasteiger partial charge in [-0.15, -0.1) is 0 Å². The number of hydrogen-bond acceptors (Lipinski definition) is 4. The van der Waals surface area contributed by atoms with Gasteiger partial charge in [0.25, 0.3) is 0 Å². The summed E-state index contributed by atoms with van der Waals surface area (Å²) in [5, 5.41) is 2.64. The standard InChI is InChI=1S/C13H18BrNO4/c1-13(2,3)19-12(16)15-10-9(17-4)7-6-8(14)11(10)18-5/h6-7H,1-5H3,(H,15,16). The van der Waals surface area contributed by atoms with Crippen LogP contribution in [0.5, 0.6) is 11.5 Å². The third-order valence-electron chi connectivity index (χ3n) is 2.12. The van der Waals surface area contributed by atoms with Crippen molar-refractivity contribution in [2.45, 2.75) is 26.4 Å². The first kappa shape index (κ1) is 15.6. The van der Waals surface area contributed by atoms with Crippen LogP contribution in [0.25, 0.3) is 0 Å². The predicted octanol–water partition coefficient (Wildman–Crippen LogP) is 3.81. The SMILES string of the molecule is COc1ccc(Br)c(OC)c1NC(=O)OC(C)(C)C. The molecule has 0 bridgehead atoms. The highest BCUT2D eigenvalue weighted by atomic mass is 79.9.